The van der Waals surface area contributed by atoms with Gasteiger partial charge in [-0.25, -0.2) is 4.79 Å². The SMILES string of the molecule is Cn1c(=O)n(C)c2cc(C(N)CC(C)(C)C(=O)O)ccc21. The Labute approximate surface area is 122 Å². The second kappa shape index (κ2) is 5.04. The Bertz CT molecular complexity index is 755. The summed E-state index contributed by atoms with van der Waals surface area (Å²) in [5.41, 5.74) is 7.62. The van der Waals surface area contributed by atoms with Crippen molar-refractivity contribution in [3.63, 3.8) is 0 Å². The standard InChI is InChI=1S/C15H21N3O3/c1-15(2,13(19)20)8-10(16)9-5-6-11-12(7-9)18(4)14(21)17(11)3/h5-7,10H,8,16H2,1-4H3,(H,19,20). The Balaban J connectivity index is 2.42. The summed E-state index contributed by atoms with van der Waals surface area (Å²) in [6.07, 6.45) is 0.328. The van der Waals surface area contributed by atoms with Crippen LogP contribution < -0.4 is 11.4 Å². The molecule has 1 aromatic heterocycles. The number of aliphatic carboxylic acids is 1. The third-order valence-corrected chi connectivity index (χ3v) is 4.03. The minimum Gasteiger partial charge on any atom is -0.481 e. The largest absolute Gasteiger partial charge is 0.481 e. The van der Waals surface area contributed by atoms with Crippen LogP contribution in [0.4, 0.5) is 0 Å². The molecule has 1 heterocycles. The van der Waals surface area contributed by atoms with Gasteiger partial charge >= 0.3 is 11.7 Å². The normalized spacial score (nSPS) is 13.6. The number of carboxylic acid groups (broad SMARTS) is 1. The van der Waals surface area contributed by atoms with E-state index >= 15 is 0 Å². The quantitative estimate of drug-likeness (QED) is 0.890. The molecule has 0 amide bonds. The number of carbonyl (C=O) groups is 1. The van der Waals surface area contributed by atoms with Crippen molar-refractivity contribution in [3.05, 3.63) is 34.2 Å². The van der Waals surface area contributed by atoms with Crippen molar-refractivity contribution >= 4 is 17.0 Å². The van der Waals surface area contributed by atoms with Crippen molar-refractivity contribution < 1.29 is 9.90 Å². The summed E-state index contributed by atoms with van der Waals surface area (Å²) in [5, 5.41) is 9.19. The van der Waals surface area contributed by atoms with Gasteiger partial charge in [0.1, 0.15) is 0 Å². The number of nitrogens with two attached hydrogens (primary N) is 1. The molecule has 2 aromatic rings. The summed E-state index contributed by atoms with van der Waals surface area (Å²) in [6, 6.07) is 5.17. The zero-order valence-corrected chi connectivity index (χ0v) is 12.8. The van der Waals surface area contributed by atoms with Gasteiger partial charge in [-0.3, -0.25) is 13.9 Å². The van der Waals surface area contributed by atoms with Crippen molar-refractivity contribution in [2.75, 3.05) is 0 Å². The summed E-state index contributed by atoms with van der Waals surface area (Å²) < 4.78 is 3.14. The molecular formula is C15H21N3O3. The Morgan fingerprint density at radius 2 is 1.86 bits per heavy atom. The molecule has 114 valence electrons. The van der Waals surface area contributed by atoms with E-state index in [1.165, 1.54) is 0 Å². The Morgan fingerprint density at radius 1 is 1.29 bits per heavy atom. The zero-order chi connectivity index (χ0) is 15.9. The molecule has 0 aliphatic heterocycles. The van der Waals surface area contributed by atoms with Gasteiger partial charge < -0.3 is 10.8 Å². The van der Waals surface area contributed by atoms with E-state index < -0.39 is 17.4 Å². The summed E-state index contributed by atoms with van der Waals surface area (Å²) in [4.78, 5) is 23.1. The van der Waals surface area contributed by atoms with Crippen LogP contribution in [0, 0.1) is 5.41 Å². The summed E-state index contributed by atoms with van der Waals surface area (Å²) in [7, 11) is 3.43. The molecule has 3 N–H and O–H groups in total. The topological polar surface area (TPSA) is 90.3 Å². The van der Waals surface area contributed by atoms with Crippen molar-refractivity contribution in [1.82, 2.24) is 9.13 Å². The highest BCUT2D eigenvalue weighted by atomic mass is 16.4. The van der Waals surface area contributed by atoms with Gasteiger partial charge in [0, 0.05) is 20.1 Å². The van der Waals surface area contributed by atoms with Crippen LogP contribution in [0.5, 0.6) is 0 Å². The van der Waals surface area contributed by atoms with Crippen molar-refractivity contribution in [2.24, 2.45) is 25.2 Å². The number of fused-ring (bicyclic) bond motifs is 1. The zero-order valence-electron chi connectivity index (χ0n) is 12.8. The fraction of sp³-hybridized carbons (Fsp3) is 0.467. The molecule has 0 bridgehead atoms. The van der Waals surface area contributed by atoms with Gasteiger partial charge in [0.2, 0.25) is 0 Å². The molecule has 6 heteroatoms. The van der Waals surface area contributed by atoms with Crippen molar-refractivity contribution in [1.29, 1.82) is 0 Å². The first-order chi connectivity index (χ1) is 9.65. The number of hydrogen-bond donors (Lipinski definition) is 2. The maximum Gasteiger partial charge on any atom is 0.328 e. The first kappa shape index (κ1) is 15.3. The summed E-state index contributed by atoms with van der Waals surface area (Å²) >= 11 is 0. The third kappa shape index (κ3) is 2.58. The molecule has 1 atom stereocenters. The number of carboxylic acids is 1. The summed E-state index contributed by atoms with van der Waals surface area (Å²) in [6.45, 7) is 3.32. The average Bonchev–Trinajstić information content (AvgIpc) is 2.63. The molecular weight excluding hydrogens is 270 g/mol. The van der Waals surface area contributed by atoms with Crippen molar-refractivity contribution in [3.8, 4) is 0 Å². The Kier molecular flexibility index (Phi) is 3.67. The van der Waals surface area contributed by atoms with Crippen LogP contribution in [0.1, 0.15) is 31.9 Å². The number of imidazole rings is 1. The molecule has 0 radical (unpaired) electrons. The number of nitrogens with zero attached hydrogens (tertiary/aromatic N) is 2. The highest BCUT2D eigenvalue weighted by molar-refractivity contribution is 5.77. The van der Waals surface area contributed by atoms with Gasteiger partial charge in [-0.05, 0) is 38.0 Å². The Hall–Kier alpha value is -2.08. The smallest absolute Gasteiger partial charge is 0.328 e. The number of aromatic nitrogens is 2. The molecule has 1 aromatic carbocycles. The second-order valence-electron chi connectivity index (χ2n) is 6.15. The van der Waals surface area contributed by atoms with E-state index in [9.17, 15) is 14.7 Å². The van der Waals surface area contributed by atoms with Gasteiger partial charge in [-0.1, -0.05) is 6.07 Å². The van der Waals surface area contributed by atoms with Crippen LogP contribution in [0.25, 0.3) is 11.0 Å². The highest BCUT2D eigenvalue weighted by Crippen LogP contribution is 2.29. The molecule has 6 nitrogen and oxygen atoms in total. The van der Waals surface area contributed by atoms with Gasteiger partial charge in [0.05, 0.1) is 16.4 Å². The average molecular weight is 291 g/mol. The first-order valence-corrected chi connectivity index (χ1v) is 6.79. The predicted molar refractivity (Wildman–Crippen MR) is 81.1 cm³/mol. The van der Waals surface area contributed by atoms with E-state index in [1.807, 2.05) is 18.2 Å². The minimum absolute atomic E-state index is 0.0958. The third-order valence-electron chi connectivity index (χ3n) is 4.03. The molecule has 21 heavy (non-hydrogen) atoms. The van der Waals surface area contributed by atoms with Gasteiger partial charge in [-0.15, -0.1) is 0 Å². The monoisotopic (exact) mass is 291 g/mol. The van der Waals surface area contributed by atoms with Crippen LogP contribution in [0.2, 0.25) is 0 Å². The van der Waals surface area contributed by atoms with E-state index in [0.717, 1.165) is 16.6 Å². The predicted octanol–water partition coefficient (Wildman–Crippen LogP) is 1.38. The lowest BCUT2D eigenvalue weighted by atomic mass is 9.84. The van der Waals surface area contributed by atoms with Crippen LogP contribution in [0.15, 0.2) is 23.0 Å². The van der Waals surface area contributed by atoms with Gasteiger partial charge in [0.25, 0.3) is 0 Å². The fourth-order valence-corrected chi connectivity index (χ4v) is 2.51. The maximum absolute atomic E-state index is 11.9. The Morgan fingerprint density at radius 3 is 2.43 bits per heavy atom. The molecule has 0 spiro atoms. The molecule has 0 aliphatic rings. The van der Waals surface area contributed by atoms with Crippen molar-refractivity contribution in [2.45, 2.75) is 26.3 Å². The molecule has 0 fully saturated rings. The van der Waals surface area contributed by atoms with Crippen LogP contribution in [0.3, 0.4) is 0 Å². The van der Waals surface area contributed by atoms with Crippen LogP contribution >= 0.6 is 0 Å². The molecule has 2 rings (SSSR count). The number of hydrogen-bond acceptors (Lipinski definition) is 3. The van der Waals surface area contributed by atoms with E-state index in [1.54, 1.807) is 37.1 Å². The summed E-state index contributed by atoms with van der Waals surface area (Å²) in [5.74, 6) is -0.869. The van der Waals surface area contributed by atoms with E-state index in [2.05, 4.69) is 0 Å². The lowest BCUT2D eigenvalue weighted by Gasteiger charge is -2.23. The second-order valence-corrected chi connectivity index (χ2v) is 6.15. The maximum atomic E-state index is 11.9. The minimum atomic E-state index is -0.892. The van der Waals surface area contributed by atoms with Gasteiger partial charge in [-0.2, -0.15) is 0 Å². The fourth-order valence-electron chi connectivity index (χ4n) is 2.51. The number of aryl methyl sites for hydroxylation is 2. The lowest BCUT2D eigenvalue weighted by Crippen LogP contribution is -2.28. The first-order valence-electron chi connectivity index (χ1n) is 6.79. The van der Waals surface area contributed by atoms with Crippen LogP contribution in [-0.4, -0.2) is 20.2 Å². The molecule has 0 saturated heterocycles. The molecule has 1 unspecified atom stereocenters. The van der Waals surface area contributed by atoms with Gasteiger partial charge in [0.15, 0.2) is 0 Å². The molecule has 0 saturated carbocycles. The van der Waals surface area contributed by atoms with Crippen LogP contribution in [-0.2, 0) is 18.9 Å². The number of benzene rings is 1. The van der Waals surface area contributed by atoms with E-state index in [-0.39, 0.29) is 5.69 Å². The molecule has 0 aliphatic carbocycles. The number of rotatable bonds is 4. The highest BCUT2D eigenvalue weighted by Gasteiger charge is 2.30. The van der Waals surface area contributed by atoms with E-state index in [4.69, 9.17) is 5.73 Å². The van der Waals surface area contributed by atoms with E-state index in [0.29, 0.717) is 6.42 Å². The lowest BCUT2D eigenvalue weighted by molar-refractivity contribution is -0.147.